The summed E-state index contributed by atoms with van der Waals surface area (Å²) in [6.45, 7) is 0. The molecule has 0 atom stereocenters. The summed E-state index contributed by atoms with van der Waals surface area (Å²) in [6.07, 6.45) is 0. The Kier molecular flexibility index (Phi) is 3.80. The second-order valence-corrected chi connectivity index (χ2v) is 4.84. The molecule has 0 bridgehead atoms. The van der Waals surface area contributed by atoms with E-state index in [1.807, 2.05) is 0 Å². The highest BCUT2D eigenvalue weighted by atomic mass is 19.1. The number of carboxylic acid groups (broad SMARTS) is 1. The Labute approximate surface area is 131 Å². The van der Waals surface area contributed by atoms with Crippen LogP contribution in [0.5, 0.6) is 5.75 Å². The maximum Gasteiger partial charge on any atom is 0.356 e. The monoisotopic (exact) mass is 312 g/mol. The molecule has 0 unspecified atom stereocenters. The summed E-state index contributed by atoms with van der Waals surface area (Å²) in [6, 6.07) is 14.4. The van der Waals surface area contributed by atoms with Gasteiger partial charge in [-0.25, -0.2) is 13.9 Å². The summed E-state index contributed by atoms with van der Waals surface area (Å²) >= 11 is 0. The maximum absolute atomic E-state index is 13.5. The van der Waals surface area contributed by atoms with Gasteiger partial charge in [0, 0.05) is 11.6 Å². The van der Waals surface area contributed by atoms with Gasteiger partial charge in [-0.15, -0.1) is 0 Å². The second kappa shape index (κ2) is 5.92. The number of ether oxygens (including phenoxy) is 1. The molecule has 116 valence electrons. The van der Waals surface area contributed by atoms with E-state index in [2.05, 4.69) is 5.10 Å². The number of halogens is 1. The van der Waals surface area contributed by atoms with E-state index < -0.39 is 11.8 Å². The Balaban J connectivity index is 2.20. The molecular weight excluding hydrogens is 299 g/mol. The fourth-order valence-corrected chi connectivity index (χ4v) is 2.28. The summed E-state index contributed by atoms with van der Waals surface area (Å²) in [5, 5.41) is 13.3. The Hall–Kier alpha value is -3.15. The Morgan fingerprint density at radius 3 is 2.65 bits per heavy atom. The minimum atomic E-state index is -1.15. The average molecular weight is 312 g/mol. The van der Waals surface area contributed by atoms with Crippen LogP contribution >= 0.6 is 0 Å². The third-order valence-electron chi connectivity index (χ3n) is 3.35. The Morgan fingerprint density at radius 1 is 1.17 bits per heavy atom. The van der Waals surface area contributed by atoms with Crippen molar-refractivity contribution < 1.29 is 19.0 Å². The van der Waals surface area contributed by atoms with Crippen molar-refractivity contribution in [1.82, 2.24) is 9.78 Å². The number of aromatic nitrogens is 2. The van der Waals surface area contributed by atoms with E-state index >= 15 is 0 Å². The van der Waals surface area contributed by atoms with Gasteiger partial charge in [0.15, 0.2) is 5.69 Å². The standard InChI is InChI=1S/C17H13FN2O3/c1-23-14-7-3-6-13(9-14)20-16(10-15(19-20)17(21)22)11-4-2-5-12(18)8-11/h2-10H,1H3,(H,21,22). The van der Waals surface area contributed by atoms with Gasteiger partial charge in [-0.05, 0) is 30.3 Å². The first-order chi connectivity index (χ1) is 11.1. The van der Waals surface area contributed by atoms with Crippen LogP contribution in [0.1, 0.15) is 10.5 Å². The Bertz CT molecular complexity index is 874. The number of aromatic carboxylic acids is 1. The van der Waals surface area contributed by atoms with Crippen LogP contribution in [0.4, 0.5) is 4.39 Å². The van der Waals surface area contributed by atoms with Gasteiger partial charge in [0.2, 0.25) is 0 Å². The van der Waals surface area contributed by atoms with E-state index in [0.717, 1.165) is 0 Å². The van der Waals surface area contributed by atoms with Gasteiger partial charge in [-0.3, -0.25) is 0 Å². The summed E-state index contributed by atoms with van der Waals surface area (Å²) in [7, 11) is 1.54. The summed E-state index contributed by atoms with van der Waals surface area (Å²) in [4.78, 5) is 11.2. The van der Waals surface area contributed by atoms with Gasteiger partial charge in [-0.1, -0.05) is 18.2 Å². The lowest BCUT2D eigenvalue weighted by Crippen LogP contribution is -2.02. The highest BCUT2D eigenvalue weighted by Crippen LogP contribution is 2.26. The SMILES string of the molecule is COc1cccc(-n2nc(C(=O)O)cc2-c2cccc(F)c2)c1. The van der Waals surface area contributed by atoms with Crippen molar-refractivity contribution in [2.45, 2.75) is 0 Å². The lowest BCUT2D eigenvalue weighted by atomic mass is 10.1. The predicted molar refractivity (Wildman–Crippen MR) is 82.5 cm³/mol. The van der Waals surface area contributed by atoms with Crippen molar-refractivity contribution in [3.05, 3.63) is 66.1 Å². The van der Waals surface area contributed by atoms with E-state index in [1.165, 1.54) is 22.9 Å². The van der Waals surface area contributed by atoms with E-state index in [1.54, 1.807) is 43.5 Å². The molecule has 1 heterocycles. The molecule has 0 fully saturated rings. The fourth-order valence-electron chi connectivity index (χ4n) is 2.28. The van der Waals surface area contributed by atoms with Crippen LogP contribution in [0.2, 0.25) is 0 Å². The molecule has 0 saturated carbocycles. The van der Waals surface area contributed by atoms with Crippen LogP contribution in [-0.4, -0.2) is 28.0 Å². The fraction of sp³-hybridized carbons (Fsp3) is 0.0588. The van der Waals surface area contributed by atoms with Crippen molar-refractivity contribution in [3.8, 4) is 22.7 Å². The van der Waals surface area contributed by atoms with Crippen molar-refractivity contribution in [3.63, 3.8) is 0 Å². The maximum atomic E-state index is 13.5. The van der Waals surface area contributed by atoms with Crippen LogP contribution in [0.3, 0.4) is 0 Å². The van der Waals surface area contributed by atoms with E-state index in [0.29, 0.717) is 22.7 Å². The number of methoxy groups -OCH3 is 1. The van der Waals surface area contributed by atoms with Gasteiger partial charge < -0.3 is 9.84 Å². The van der Waals surface area contributed by atoms with Gasteiger partial charge in [0.1, 0.15) is 11.6 Å². The molecule has 0 saturated heterocycles. The highest BCUT2D eigenvalue weighted by Gasteiger charge is 2.16. The van der Waals surface area contributed by atoms with Crippen molar-refractivity contribution in [1.29, 1.82) is 0 Å². The smallest absolute Gasteiger partial charge is 0.356 e. The molecule has 0 aliphatic rings. The van der Waals surface area contributed by atoms with Gasteiger partial charge in [0.05, 0.1) is 18.5 Å². The summed E-state index contributed by atoms with van der Waals surface area (Å²) in [5.74, 6) is -0.942. The number of hydrogen-bond acceptors (Lipinski definition) is 3. The molecule has 1 N–H and O–H groups in total. The highest BCUT2D eigenvalue weighted by molar-refractivity contribution is 5.87. The molecule has 2 aromatic carbocycles. The van der Waals surface area contributed by atoms with Crippen LogP contribution < -0.4 is 4.74 Å². The molecule has 23 heavy (non-hydrogen) atoms. The van der Waals surface area contributed by atoms with Crippen LogP contribution in [0.15, 0.2) is 54.6 Å². The molecule has 0 aliphatic heterocycles. The number of nitrogens with zero attached hydrogens (tertiary/aromatic N) is 2. The van der Waals surface area contributed by atoms with E-state index in [9.17, 15) is 14.3 Å². The first kappa shape index (κ1) is 14.8. The topological polar surface area (TPSA) is 64.4 Å². The molecule has 0 spiro atoms. The van der Waals surface area contributed by atoms with Gasteiger partial charge in [-0.2, -0.15) is 5.10 Å². The van der Waals surface area contributed by atoms with E-state index in [4.69, 9.17) is 4.74 Å². The number of hydrogen-bond donors (Lipinski definition) is 1. The van der Waals surface area contributed by atoms with Crippen molar-refractivity contribution in [2.24, 2.45) is 0 Å². The molecule has 3 rings (SSSR count). The zero-order valence-corrected chi connectivity index (χ0v) is 12.2. The average Bonchev–Trinajstić information content (AvgIpc) is 3.00. The lowest BCUT2D eigenvalue weighted by Gasteiger charge is -2.09. The quantitative estimate of drug-likeness (QED) is 0.802. The number of benzene rings is 2. The zero-order chi connectivity index (χ0) is 16.4. The first-order valence-electron chi connectivity index (χ1n) is 6.82. The predicted octanol–water partition coefficient (Wildman–Crippen LogP) is 3.39. The van der Waals surface area contributed by atoms with Crippen LogP contribution in [0.25, 0.3) is 16.9 Å². The van der Waals surface area contributed by atoms with Crippen molar-refractivity contribution in [2.75, 3.05) is 7.11 Å². The number of rotatable bonds is 4. The minimum absolute atomic E-state index is 0.118. The van der Waals surface area contributed by atoms with Gasteiger partial charge in [0.25, 0.3) is 0 Å². The van der Waals surface area contributed by atoms with Crippen LogP contribution in [0, 0.1) is 5.82 Å². The van der Waals surface area contributed by atoms with E-state index in [-0.39, 0.29) is 5.69 Å². The zero-order valence-electron chi connectivity index (χ0n) is 12.2. The first-order valence-corrected chi connectivity index (χ1v) is 6.82. The molecule has 0 radical (unpaired) electrons. The largest absolute Gasteiger partial charge is 0.497 e. The number of carboxylic acids is 1. The molecule has 0 aliphatic carbocycles. The normalized spacial score (nSPS) is 10.5. The minimum Gasteiger partial charge on any atom is -0.497 e. The molecule has 3 aromatic rings. The summed E-state index contributed by atoms with van der Waals surface area (Å²) < 4.78 is 20.1. The molecule has 5 nitrogen and oxygen atoms in total. The Morgan fingerprint density at radius 2 is 1.96 bits per heavy atom. The number of carbonyl (C=O) groups is 1. The lowest BCUT2D eigenvalue weighted by molar-refractivity contribution is 0.0690. The molecule has 1 aromatic heterocycles. The third kappa shape index (κ3) is 2.91. The second-order valence-electron chi connectivity index (χ2n) is 4.84. The molecule has 0 amide bonds. The van der Waals surface area contributed by atoms with Gasteiger partial charge >= 0.3 is 5.97 Å². The molecular formula is C17H13FN2O3. The van der Waals surface area contributed by atoms with Crippen LogP contribution in [-0.2, 0) is 0 Å². The molecule has 6 heteroatoms. The summed E-state index contributed by atoms with van der Waals surface area (Å²) in [5.41, 5.74) is 1.52. The third-order valence-corrected chi connectivity index (χ3v) is 3.35. The van der Waals surface area contributed by atoms with Crippen molar-refractivity contribution >= 4 is 5.97 Å².